The predicted octanol–water partition coefficient (Wildman–Crippen LogP) is 1.73. The molecule has 2 aromatic rings. The van der Waals surface area contributed by atoms with Crippen LogP contribution in [0.2, 0.25) is 0 Å². The number of aryl methyl sites for hydroxylation is 1. The number of fused-ring (bicyclic) bond motifs is 1. The van der Waals surface area contributed by atoms with Crippen LogP contribution in [0.4, 0.5) is 0 Å². The summed E-state index contributed by atoms with van der Waals surface area (Å²) in [5.41, 5.74) is 0.254. The van der Waals surface area contributed by atoms with Gasteiger partial charge in [0.05, 0.1) is 0 Å². The molecular weight excluding hydrogens is 268 g/mol. The molecule has 21 heavy (non-hydrogen) atoms. The van der Waals surface area contributed by atoms with Crippen LogP contribution in [0.3, 0.4) is 0 Å². The lowest BCUT2D eigenvalue weighted by molar-refractivity contribution is 0.514. The molecule has 2 heterocycles. The van der Waals surface area contributed by atoms with Crippen molar-refractivity contribution in [1.82, 2.24) is 19.5 Å². The van der Waals surface area contributed by atoms with Crippen molar-refractivity contribution in [3.8, 4) is 0 Å². The first-order valence-corrected chi connectivity index (χ1v) is 7.91. The molecule has 2 aliphatic carbocycles. The van der Waals surface area contributed by atoms with Crippen LogP contribution < -0.4 is 11.2 Å². The highest BCUT2D eigenvalue weighted by atomic mass is 16.2. The van der Waals surface area contributed by atoms with Gasteiger partial charge in [-0.1, -0.05) is 6.92 Å². The van der Waals surface area contributed by atoms with E-state index >= 15 is 0 Å². The Morgan fingerprint density at radius 1 is 1.19 bits per heavy atom. The number of hydrogen-bond acceptors (Lipinski definition) is 3. The first-order valence-electron chi connectivity index (χ1n) is 7.91. The summed E-state index contributed by atoms with van der Waals surface area (Å²) in [6.45, 7) is 2.59. The molecule has 6 nitrogen and oxygen atoms in total. The summed E-state index contributed by atoms with van der Waals surface area (Å²) in [5.74, 6) is 2.78. The smallest absolute Gasteiger partial charge is 0.330 e. The van der Waals surface area contributed by atoms with Crippen molar-refractivity contribution in [3.05, 3.63) is 26.7 Å². The van der Waals surface area contributed by atoms with Gasteiger partial charge in [0.2, 0.25) is 0 Å². The first kappa shape index (κ1) is 12.9. The standard InChI is InChI=1S/C15H20N4O2/c1-2-7-19-13-11(14(20)18-15(19)21)16-12(17-13)10(8-3-4-8)9-5-6-9/h8-10H,2-7H2,1H3,(H,16,17)(H,18,20,21). The SMILES string of the molecule is CCCn1c(=O)[nH]c(=O)c2[nH]c(C(C3CC3)C3CC3)nc21. The second-order valence-electron chi connectivity index (χ2n) is 6.43. The summed E-state index contributed by atoms with van der Waals surface area (Å²) >= 11 is 0. The van der Waals surface area contributed by atoms with Crippen molar-refractivity contribution in [2.24, 2.45) is 11.8 Å². The molecule has 6 heteroatoms. The third kappa shape index (κ3) is 2.13. The Morgan fingerprint density at radius 2 is 1.86 bits per heavy atom. The Balaban J connectivity index is 1.88. The van der Waals surface area contributed by atoms with Crippen LogP contribution in [0.25, 0.3) is 11.2 Å². The molecule has 0 saturated heterocycles. The van der Waals surface area contributed by atoms with Gasteiger partial charge in [-0.05, 0) is 43.9 Å². The quantitative estimate of drug-likeness (QED) is 0.878. The van der Waals surface area contributed by atoms with Crippen LogP contribution in [-0.4, -0.2) is 19.5 Å². The molecule has 0 atom stereocenters. The van der Waals surface area contributed by atoms with E-state index in [-0.39, 0.29) is 11.2 Å². The molecule has 2 fully saturated rings. The molecule has 0 amide bonds. The topological polar surface area (TPSA) is 83.5 Å². The van der Waals surface area contributed by atoms with Crippen LogP contribution >= 0.6 is 0 Å². The summed E-state index contributed by atoms with van der Waals surface area (Å²) in [6.07, 6.45) is 5.87. The molecule has 112 valence electrons. The molecule has 2 aromatic heterocycles. The monoisotopic (exact) mass is 288 g/mol. The van der Waals surface area contributed by atoms with E-state index in [4.69, 9.17) is 0 Å². The maximum Gasteiger partial charge on any atom is 0.330 e. The van der Waals surface area contributed by atoms with Gasteiger partial charge in [0.1, 0.15) is 11.3 Å². The van der Waals surface area contributed by atoms with E-state index in [1.165, 1.54) is 25.7 Å². The van der Waals surface area contributed by atoms with Gasteiger partial charge in [0.15, 0.2) is 5.65 Å². The van der Waals surface area contributed by atoms with Crippen LogP contribution in [0.5, 0.6) is 0 Å². The molecule has 0 aromatic carbocycles. The van der Waals surface area contributed by atoms with Gasteiger partial charge < -0.3 is 4.98 Å². The van der Waals surface area contributed by atoms with E-state index in [1.54, 1.807) is 4.57 Å². The lowest BCUT2D eigenvalue weighted by atomic mass is 9.97. The summed E-state index contributed by atoms with van der Waals surface area (Å²) < 4.78 is 1.58. The minimum absolute atomic E-state index is 0.355. The first-order chi connectivity index (χ1) is 10.2. The molecule has 0 aliphatic heterocycles. The van der Waals surface area contributed by atoms with Gasteiger partial charge >= 0.3 is 5.69 Å². The summed E-state index contributed by atoms with van der Waals surface area (Å²) in [5, 5.41) is 0. The Kier molecular flexibility index (Phi) is 2.80. The van der Waals surface area contributed by atoms with E-state index < -0.39 is 0 Å². The highest BCUT2D eigenvalue weighted by molar-refractivity contribution is 5.69. The number of aromatic nitrogens is 4. The van der Waals surface area contributed by atoms with Gasteiger partial charge in [-0.15, -0.1) is 0 Å². The summed E-state index contributed by atoms with van der Waals surface area (Å²) in [6, 6.07) is 0. The zero-order chi connectivity index (χ0) is 14.6. The largest absolute Gasteiger partial charge is 0.336 e. The van der Waals surface area contributed by atoms with E-state index in [9.17, 15) is 9.59 Å². The molecule has 0 unspecified atom stereocenters. The minimum Gasteiger partial charge on any atom is -0.336 e. The number of aromatic amines is 2. The van der Waals surface area contributed by atoms with Crippen molar-refractivity contribution < 1.29 is 0 Å². The normalized spacial score (nSPS) is 18.8. The zero-order valence-corrected chi connectivity index (χ0v) is 12.2. The average molecular weight is 288 g/mol. The Morgan fingerprint density at radius 3 is 2.43 bits per heavy atom. The molecular formula is C15H20N4O2. The van der Waals surface area contributed by atoms with Gasteiger partial charge in [-0.2, -0.15) is 0 Å². The van der Waals surface area contributed by atoms with Crippen molar-refractivity contribution in [2.75, 3.05) is 0 Å². The fourth-order valence-corrected chi connectivity index (χ4v) is 3.39. The van der Waals surface area contributed by atoms with Gasteiger partial charge in [0, 0.05) is 12.5 Å². The fourth-order valence-electron chi connectivity index (χ4n) is 3.39. The third-order valence-electron chi connectivity index (χ3n) is 4.67. The minimum atomic E-state index is -0.359. The highest BCUT2D eigenvalue weighted by Gasteiger charge is 2.44. The molecule has 2 saturated carbocycles. The molecule has 2 aliphatic rings. The van der Waals surface area contributed by atoms with E-state index in [2.05, 4.69) is 15.0 Å². The summed E-state index contributed by atoms with van der Waals surface area (Å²) in [4.78, 5) is 34.3. The number of imidazole rings is 1. The Labute approximate surface area is 121 Å². The number of rotatable bonds is 5. The molecule has 0 radical (unpaired) electrons. The van der Waals surface area contributed by atoms with Crippen molar-refractivity contribution in [2.45, 2.75) is 51.5 Å². The van der Waals surface area contributed by atoms with Crippen LogP contribution in [0.15, 0.2) is 9.59 Å². The second kappa shape index (κ2) is 4.58. The van der Waals surface area contributed by atoms with Crippen molar-refractivity contribution >= 4 is 11.2 Å². The average Bonchev–Trinajstić information content (AvgIpc) is 3.35. The Bertz CT molecular complexity index is 780. The van der Waals surface area contributed by atoms with E-state index in [1.807, 2.05) is 6.92 Å². The number of hydrogen-bond donors (Lipinski definition) is 2. The number of H-pyrrole nitrogens is 2. The fraction of sp³-hybridized carbons (Fsp3) is 0.667. The third-order valence-corrected chi connectivity index (χ3v) is 4.67. The second-order valence-corrected chi connectivity index (χ2v) is 6.43. The van der Waals surface area contributed by atoms with E-state index in [0.29, 0.717) is 35.5 Å². The van der Waals surface area contributed by atoms with Crippen molar-refractivity contribution in [3.63, 3.8) is 0 Å². The number of nitrogens with zero attached hydrogens (tertiary/aromatic N) is 2. The lowest BCUT2D eigenvalue weighted by Crippen LogP contribution is -2.30. The maximum absolute atomic E-state index is 12.0. The molecule has 0 spiro atoms. The highest BCUT2D eigenvalue weighted by Crippen LogP contribution is 2.53. The van der Waals surface area contributed by atoms with Gasteiger partial charge in [-0.3, -0.25) is 14.3 Å². The maximum atomic E-state index is 12.0. The molecule has 0 bridgehead atoms. The summed E-state index contributed by atoms with van der Waals surface area (Å²) in [7, 11) is 0. The van der Waals surface area contributed by atoms with Crippen LogP contribution in [0.1, 0.15) is 50.8 Å². The lowest BCUT2D eigenvalue weighted by Gasteiger charge is -2.11. The number of nitrogens with one attached hydrogen (secondary N) is 2. The molecule has 4 rings (SSSR count). The van der Waals surface area contributed by atoms with Gasteiger partial charge in [0.25, 0.3) is 5.56 Å². The predicted molar refractivity (Wildman–Crippen MR) is 79.5 cm³/mol. The zero-order valence-electron chi connectivity index (χ0n) is 12.2. The Hall–Kier alpha value is -1.85. The molecule has 2 N–H and O–H groups in total. The van der Waals surface area contributed by atoms with Crippen LogP contribution in [-0.2, 0) is 6.54 Å². The van der Waals surface area contributed by atoms with Crippen molar-refractivity contribution in [1.29, 1.82) is 0 Å². The van der Waals surface area contributed by atoms with E-state index in [0.717, 1.165) is 12.2 Å². The van der Waals surface area contributed by atoms with Crippen LogP contribution in [0, 0.1) is 11.8 Å². The van der Waals surface area contributed by atoms with Gasteiger partial charge in [-0.25, -0.2) is 9.78 Å².